The summed E-state index contributed by atoms with van der Waals surface area (Å²) in [4.78, 5) is 11.1. The van der Waals surface area contributed by atoms with Crippen LogP contribution < -0.4 is 16.2 Å². The summed E-state index contributed by atoms with van der Waals surface area (Å²) in [5.74, 6) is 0.793. The predicted octanol–water partition coefficient (Wildman–Crippen LogP) is 2.72. The first-order chi connectivity index (χ1) is 9.11. The van der Waals surface area contributed by atoms with E-state index in [1.54, 1.807) is 18.2 Å². The zero-order chi connectivity index (χ0) is 13.8. The summed E-state index contributed by atoms with van der Waals surface area (Å²) < 4.78 is 6.05. The Labute approximate surface area is 114 Å². The molecule has 19 heavy (non-hydrogen) atoms. The molecule has 4 N–H and O–H groups in total. The molecule has 1 aromatic rings. The third kappa shape index (κ3) is 3.19. The molecule has 4 nitrogen and oxygen atoms in total. The zero-order valence-corrected chi connectivity index (χ0v) is 11.4. The lowest BCUT2D eigenvalue weighted by Gasteiger charge is -2.31. The van der Waals surface area contributed by atoms with Crippen molar-refractivity contribution in [1.29, 1.82) is 0 Å². The second-order valence-electron chi connectivity index (χ2n) is 5.23. The predicted molar refractivity (Wildman–Crippen MR) is 76.0 cm³/mol. The van der Waals surface area contributed by atoms with Crippen LogP contribution in [0.5, 0.6) is 5.75 Å². The van der Waals surface area contributed by atoms with Crippen LogP contribution >= 0.6 is 0 Å². The molecule has 2 rings (SSSR count). The molecular weight excluding hydrogens is 240 g/mol. The summed E-state index contributed by atoms with van der Waals surface area (Å²) in [5.41, 5.74) is 12.1. The van der Waals surface area contributed by atoms with E-state index in [1.807, 2.05) is 0 Å². The lowest BCUT2D eigenvalue weighted by molar-refractivity contribution is 0.0910. The second kappa shape index (κ2) is 5.95. The van der Waals surface area contributed by atoms with Gasteiger partial charge in [0.1, 0.15) is 11.9 Å². The second-order valence-corrected chi connectivity index (χ2v) is 5.23. The van der Waals surface area contributed by atoms with E-state index in [1.165, 1.54) is 19.3 Å². The fourth-order valence-electron chi connectivity index (χ4n) is 2.77. The normalized spacial score (nSPS) is 23.0. The topological polar surface area (TPSA) is 78.3 Å². The van der Waals surface area contributed by atoms with Crippen molar-refractivity contribution in [3.63, 3.8) is 0 Å². The lowest BCUT2D eigenvalue weighted by Crippen LogP contribution is -2.30. The number of rotatable bonds is 4. The van der Waals surface area contributed by atoms with Crippen LogP contribution in [0.15, 0.2) is 18.2 Å². The average Bonchev–Trinajstić information content (AvgIpc) is 2.41. The molecular formula is C15H22N2O2. The van der Waals surface area contributed by atoms with Gasteiger partial charge in [0.2, 0.25) is 5.91 Å². The maximum Gasteiger partial charge on any atom is 0.248 e. The Balaban J connectivity index is 2.11. The highest BCUT2D eigenvalue weighted by Crippen LogP contribution is 2.32. The molecule has 2 unspecified atom stereocenters. The first-order valence-corrected chi connectivity index (χ1v) is 6.97. The van der Waals surface area contributed by atoms with Crippen LogP contribution in [0.3, 0.4) is 0 Å². The Morgan fingerprint density at radius 2 is 2.11 bits per heavy atom. The number of amides is 1. The molecule has 1 aromatic carbocycles. The third-order valence-electron chi connectivity index (χ3n) is 3.94. The maximum absolute atomic E-state index is 11.1. The summed E-state index contributed by atoms with van der Waals surface area (Å²) in [7, 11) is 0. The molecule has 0 heterocycles. The average molecular weight is 262 g/mol. The van der Waals surface area contributed by atoms with Crippen LogP contribution in [-0.4, -0.2) is 12.0 Å². The van der Waals surface area contributed by atoms with Gasteiger partial charge in [0.15, 0.2) is 0 Å². The Bertz CT molecular complexity index is 459. The summed E-state index contributed by atoms with van der Waals surface area (Å²) >= 11 is 0. The largest absolute Gasteiger partial charge is 0.488 e. The summed E-state index contributed by atoms with van der Waals surface area (Å²) in [6, 6.07) is 5.00. The number of carbonyl (C=O) groups is 1. The number of benzene rings is 1. The molecule has 0 spiro atoms. The molecule has 4 heteroatoms. The molecule has 1 amide bonds. The van der Waals surface area contributed by atoms with Crippen molar-refractivity contribution < 1.29 is 9.53 Å². The van der Waals surface area contributed by atoms with E-state index in [0.717, 1.165) is 12.8 Å². The number of carbonyl (C=O) groups excluding carboxylic acids is 1. The smallest absolute Gasteiger partial charge is 0.248 e. The van der Waals surface area contributed by atoms with Gasteiger partial charge in [0.05, 0.1) is 5.69 Å². The van der Waals surface area contributed by atoms with Gasteiger partial charge in [-0.3, -0.25) is 4.79 Å². The van der Waals surface area contributed by atoms with Crippen molar-refractivity contribution >= 4 is 11.6 Å². The van der Waals surface area contributed by atoms with Crippen molar-refractivity contribution in [3.05, 3.63) is 23.8 Å². The number of hydrogen-bond acceptors (Lipinski definition) is 3. The minimum atomic E-state index is -0.470. The van der Waals surface area contributed by atoms with Crippen molar-refractivity contribution in [2.45, 2.75) is 45.1 Å². The molecule has 0 saturated heterocycles. The van der Waals surface area contributed by atoms with Gasteiger partial charge in [-0.2, -0.15) is 0 Å². The Morgan fingerprint density at radius 3 is 2.74 bits per heavy atom. The van der Waals surface area contributed by atoms with Crippen LogP contribution in [0.25, 0.3) is 0 Å². The third-order valence-corrected chi connectivity index (χ3v) is 3.94. The van der Waals surface area contributed by atoms with Gasteiger partial charge in [-0.15, -0.1) is 0 Å². The van der Waals surface area contributed by atoms with E-state index < -0.39 is 5.91 Å². The molecule has 0 radical (unpaired) electrons. The van der Waals surface area contributed by atoms with Gasteiger partial charge < -0.3 is 16.2 Å². The number of anilines is 1. The standard InChI is InChI=1S/C15H22N2O2/c1-2-10-5-3-4-6-13(10)19-14-8-7-11(15(17)18)9-12(14)16/h7-10,13H,2-6,16H2,1H3,(H2,17,18). The van der Waals surface area contributed by atoms with E-state index in [-0.39, 0.29) is 6.10 Å². The number of hydrogen-bond donors (Lipinski definition) is 2. The van der Waals surface area contributed by atoms with E-state index in [4.69, 9.17) is 16.2 Å². The quantitative estimate of drug-likeness (QED) is 0.819. The molecule has 1 fully saturated rings. The molecule has 0 bridgehead atoms. The highest BCUT2D eigenvalue weighted by Gasteiger charge is 2.25. The van der Waals surface area contributed by atoms with Crippen LogP contribution in [-0.2, 0) is 0 Å². The molecule has 1 aliphatic carbocycles. The molecule has 104 valence electrons. The number of nitrogens with two attached hydrogens (primary N) is 2. The Morgan fingerprint density at radius 1 is 1.37 bits per heavy atom. The van der Waals surface area contributed by atoms with Crippen LogP contribution in [0, 0.1) is 5.92 Å². The van der Waals surface area contributed by atoms with E-state index >= 15 is 0 Å². The van der Waals surface area contributed by atoms with Gasteiger partial charge in [-0.05, 0) is 49.8 Å². The van der Waals surface area contributed by atoms with Gasteiger partial charge in [0, 0.05) is 5.56 Å². The number of nitrogen functional groups attached to an aromatic ring is 1. The van der Waals surface area contributed by atoms with Crippen molar-refractivity contribution in [2.75, 3.05) is 5.73 Å². The van der Waals surface area contributed by atoms with Crippen molar-refractivity contribution in [2.24, 2.45) is 11.7 Å². The van der Waals surface area contributed by atoms with Crippen LogP contribution in [0.1, 0.15) is 49.4 Å². The van der Waals surface area contributed by atoms with Gasteiger partial charge in [0.25, 0.3) is 0 Å². The van der Waals surface area contributed by atoms with Gasteiger partial charge in [-0.25, -0.2) is 0 Å². The first-order valence-electron chi connectivity index (χ1n) is 6.97. The fourth-order valence-corrected chi connectivity index (χ4v) is 2.77. The molecule has 0 aromatic heterocycles. The summed E-state index contributed by atoms with van der Waals surface area (Å²) in [5, 5.41) is 0. The number of ether oxygens (including phenoxy) is 1. The Hall–Kier alpha value is -1.71. The lowest BCUT2D eigenvalue weighted by atomic mass is 9.85. The molecule has 2 atom stereocenters. The maximum atomic E-state index is 11.1. The molecule has 0 aliphatic heterocycles. The number of primary amides is 1. The molecule has 1 saturated carbocycles. The summed E-state index contributed by atoms with van der Waals surface area (Å²) in [6.07, 6.45) is 6.16. The van der Waals surface area contributed by atoms with Crippen molar-refractivity contribution in [1.82, 2.24) is 0 Å². The highest BCUT2D eigenvalue weighted by molar-refractivity contribution is 5.94. The van der Waals surface area contributed by atoms with Crippen molar-refractivity contribution in [3.8, 4) is 5.75 Å². The van der Waals surface area contributed by atoms with E-state index in [9.17, 15) is 4.79 Å². The highest BCUT2D eigenvalue weighted by atomic mass is 16.5. The SMILES string of the molecule is CCC1CCCCC1Oc1ccc(C(N)=O)cc1N. The first kappa shape index (κ1) is 13.7. The monoisotopic (exact) mass is 262 g/mol. The van der Waals surface area contributed by atoms with Crippen LogP contribution in [0.2, 0.25) is 0 Å². The summed E-state index contributed by atoms with van der Waals surface area (Å²) in [6.45, 7) is 2.20. The zero-order valence-electron chi connectivity index (χ0n) is 11.4. The molecule has 1 aliphatic rings. The fraction of sp³-hybridized carbons (Fsp3) is 0.533. The van der Waals surface area contributed by atoms with E-state index in [2.05, 4.69) is 6.92 Å². The van der Waals surface area contributed by atoms with Gasteiger partial charge in [-0.1, -0.05) is 13.3 Å². The Kier molecular flexibility index (Phi) is 4.30. The minimum Gasteiger partial charge on any atom is -0.488 e. The van der Waals surface area contributed by atoms with E-state index in [0.29, 0.717) is 22.9 Å². The van der Waals surface area contributed by atoms with Gasteiger partial charge >= 0.3 is 0 Å². The minimum absolute atomic E-state index is 0.237. The van der Waals surface area contributed by atoms with Crippen LogP contribution in [0.4, 0.5) is 5.69 Å².